The normalized spacial score (nSPS) is 25.3. The Kier molecular flexibility index (Phi) is 3.49. The first-order valence-electron chi connectivity index (χ1n) is 4.18. The van der Waals surface area contributed by atoms with E-state index in [0.717, 1.165) is 6.42 Å². The Hall–Kier alpha value is -0.610. The van der Waals surface area contributed by atoms with Crippen LogP contribution in [0.25, 0.3) is 0 Å². The van der Waals surface area contributed by atoms with Crippen LogP contribution in [0.5, 0.6) is 0 Å². The van der Waals surface area contributed by atoms with Gasteiger partial charge < -0.3 is 14.6 Å². The van der Waals surface area contributed by atoms with E-state index in [0.29, 0.717) is 19.8 Å². The van der Waals surface area contributed by atoms with Crippen molar-refractivity contribution in [3.8, 4) is 0 Å². The molecule has 1 rings (SSSR count). The first kappa shape index (κ1) is 9.48. The third kappa shape index (κ3) is 2.19. The van der Waals surface area contributed by atoms with Crippen molar-refractivity contribution in [1.82, 2.24) is 0 Å². The van der Waals surface area contributed by atoms with Crippen molar-refractivity contribution in [3.05, 3.63) is 0 Å². The van der Waals surface area contributed by atoms with E-state index in [-0.39, 0.29) is 5.92 Å². The quantitative estimate of drug-likeness (QED) is 0.609. The van der Waals surface area contributed by atoms with Crippen molar-refractivity contribution in [3.63, 3.8) is 0 Å². The van der Waals surface area contributed by atoms with Gasteiger partial charge in [0.2, 0.25) is 0 Å². The fraction of sp³-hybridized carbons (Fsp3) is 0.875. The molecule has 1 saturated heterocycles. The number of ether oxygens (including phenoxy) is 2. The molecule has 0 aromatic rings. The zero-order chi connectivity index (χ0) is 8.97. The van der Waals surface area contributed by atoms with Gasteiger partial charge in [0, 0.05) is 12.5 Å². The van der Waals surface area contributed by atoms with Crippen molar-refractivity contribution in [2.45, 2.75) is 19.4 Å². The van der Waals surface area contributed by atoms with Gasteiger partial charge in [-0.05, 0) is 13.3 Å². The molecule has 0 unspecified atom stereocenters. The fourth-order valence-corrected chi connectivity index (χ4v) is 1.22. The van der Waals surface area contributed by atoms with Gasteiger partial charge in [-0.3, -0.25) is 0 Å². The summed E-state index contributed by atoms with van der Waals surface area (Å²) >= 11 is 0. The molecule has 1 fully saturated rings. The lowest BCUT2D eigenvalue weighted by atomic mass is 10.0. The molecule has 1 heterocycles. The van der Waals surface area contributed by atoms with Crippen LogP contribution in [0, 0.1) is 5.92 Å². The predicted molar refractivity (Wildman–Crippen MR) is 41.6 cm³/mol. The highest BCUT2D eigenvalue weighted by Crippen LogP contribution is 2.17. The lowest BCUT2D eigenvalue weighted by Gasteiger charge is -2.13. The number of rotatable bonds is 3. The molecule has 4 nitrogen and oxygen atoms in total. The van der Waals surface area contributed by atoms with Gasteiger partial charge in [0.15, 0.2) is 6.10 Å². The molecule has 1 N–H and O–H groups in total. The Bertz CT molecular complexity index is 151. The van der Waals surface area contributed by atoms with Crippen LogP contribution in [0.4, 0.5) is 0 Å². The first-order chi connectivity index (χ1) is 5.75. The van der Waals surface area contributed by atoms with Crippen molar-refractivity contribution < 1.29 is 19.4 Å². The number of esters is 1. The lowest BCUT2D eigenvalue weighted by Crippen LogP contribution is -2.31. The van der Waals surface area contributed by atoms with Crippen LogP contribution in [0.2, 0.25) is 0 Å². The van der Waals surface area contributed by atoms with Crippen molar-refractivity contribution in [1.29, 1.82) is 0 Å². The zero-order valence-corrected chi connectivity index (χ0v) is 7.16. The summed E-state index contributed by atoms with van der Waals surface area (Å²) < 4.78 is 9.71. The maximum atomic E-state index is 11.0. The minimum absolute atomic E-state index is 0.0796. The van der Waals surface area contributed by atoms with E-state index in [2.05, 4.69) is 4.74 Å². The highest BCUT2D eigenvalue weighted by molar-refractivity contribution is 5.74. The molecule has 1 aliphatic rings. The first-order valence-corrected chi connectivity index (χ1v) is 4.18. The van der Waals surface area contributed by atoms with Gasteiger partial charge in [0.05, 0.1) is 13.2 Å². The minimum atomic E-state index is -1.01. The molecule has 2 atom stereocenters. The maximum Gasteiger partial charge on any atom is 0.335 e. The number of aliphatic hydroxyl groups is 1. The summed E-state index contributed by atoms with van der Waals surface area (Å²) in [7, 11) is 0. The van der Waals surface area contributed by atoms with Crippen molar-refractivity contribution in [2.75, 3.05) is 19.8 Å². The average Bonchev–Trinajstić information content (AvgIpc) is 2.55. The Morgan fingerprint density at radius 1 is 1.83 bits per heavy atom. The Morgan fingerprint density at radius 2 is 2.58 bits per heavy atom. The lowest BCUT2D eigenvalue weighted by molar-refractivity contribution is -0.156. The standard InChI is InChI=1S/C8H14O4/c1-2-12-8(10)7(9)6-3-4-11-5-6/h6-7,9H,2-5H2,1H3/t6-,7-/m1/s1. The summed E-state index contributed by atoms with van der Waals surface area (Å²) in [6.45, 7) is 3.11. The van der Waals surface area contributed by atoms with Crippen LogP contribution >= 0.6 is 0 Å². The van der Waals surface area contributed by atoms with Gasteiger partial charge in [-0.15, -0.1) is 0 Å². The molecule has 0 bridgehead atoms. The molecule has 0 saturated carbocycles. The Labute approximate surface area is 71.5 Å². The Balaban J connectivity index is 2.34. The molecular formula is C8H14O4. The van der Waals surface area contributed by atoms with Crippen LogP contribution in [-0.2, 0) is 14.3 Å². The van der Waals surface area contributed by atoms with Crippen LogP contribution in [0.15, 0.2) is 0 Å². The summed E-state index contributed by atoms with van der Waals surface area (Å²) in [6, 6.07) is 0. The third-order valence-electron chi connectivity index (χ3n) is 1.94. The second-order valence-electron chi connectivity index (χ2n) is 2.82. The summed E-state index contributed by atoms with van der Waals surface area (Å²) in [6.07, 6.45) is -0.271. The summed E-state index contributed by atoms with van der Waals surface area (Å²) in [5.74, 6) is -0.614. The Morgan fingerprint density at radius 3 is 3.08 bits per heavy atom. The molecule has 0 aromatic carbocycles. The van der Waals surface area contributed by atoms with E-state index in [9.17, 15) is 9.90 Å². The molecular weight excluding hydrogens is 160 g/mol. The van der Waals surface area contributed by atoms with Gasteiger partial charge in [-0.2, -0.15) is 0 Å². The van der Waals surface area contributed by atoms with Gasteiger partial charge in [-0.1, -0.05) is 0 Å². The topological polar surface area (TPSA) is 55.8 Å². The van der Waals surface area contributed by atoms with E-state index in [4.69, 9.17) is 4.74 Å². The molecule has 0 aromatic heterocycles. The van der Waals surface area contributed by atoms with Crippen LogP contribution in [-0.4, -0.2) is 37.0 Å². The van der Waals surface area contributed by atoms with Crippen LogP contribution in [0.3, 0.4) is 0 Å². The third-order valence-corrected chi connectivity index (χ3v) is 1.94. The van der Waals surface area contributed by atoms with Gasteiger partial charge in [0.25, 0.3) is 0 Å². The average molecular weight is 174 g/mol. The highest BCUT2D eigenvalue weighted by Gasteiger charge is 2.30. The van der Waals surface area contributed by atoms with Gasteiger partial charge in [0.1, 0.15) is 0 Å². The van der Waals surface area contributed by atoms with E-state index in [1.807, 2.05) is 0 Å². The fourth-order valence-electron chi connectivity index (χ4n) is 1.22. The number of aliphatic hydroxyl groups excluding tert-OH is 1. The summed E-state index contributed by atoms with van der Waals surface area (Å²) in [4.78, 5) is 11.0. The van der Waals surface area contributed by atoms with E-state index in [1.165, 1.54) is 0 Å². The minimum Gasteiger partial charge on any atom is -0.464 e. The zero-order valence-electron chi connectivity index (χ0n) is 7.16. The SMILES string of the molecule is CCOC(=O)[C@H](O)[C@@H]1CCOC1. The molecule has 4 heteroatoms. The van der Waals surface area contributed by atoms with E-state index < -0.39 is 12.1 Å². The molecule has 0 spiro atoms. The predicted octanol–water partition coefficient (Wildman–Crippen LogP) is -0.0531. The molecule has 0 amide bonds. The molecule has 12 heavy (non-hydrogen) atoms. The molecule has 0 aliphatic carbocycles. The van der Waals surface area contributed by atoms with Crippen LogP contribution in [0.1, 0.15) is 13.3 Å². The number of carbonyl (C=O) groups excluding carboxylic acids is 1. The largest absolute Gasteiger partial charge is 0.464 e. The van der Waals surface area contributed by atoms with E-state index >= 15 is 0 Å². The van der Waals surface area contributed by atoms with E-state index in [1.54, 1.807) is 6.92 Å². The summed E-state index contributed by atoms with van der Waals surface area (Å²) in [5.41, 5.74) is 0. The van der Waals surface area contributed by atoms with Crippen molar-refractivity contribution >= 4 is 5.97 Å². The monoisotopic (exact) mass is 174 g/mol. The second-order valence-corrected chi connectivity index (χ2v) is 2.82. The molecule has 1 aliphatic heterocycles. The molecule has 70 valence electrons. The number of carbonyl (C=O) groups is 1. The number of hydrogen-bond acceptors (Lipinski definition) is 4. The second kappa shape index (κ2) is 4.42. The maximum absolute atomic E-state index is 11.0. The van der Waals surface area contributed by atoms with Crippen LogP contribution < -0.4 is 0 Å². The smallest absolute Gasteiger partial charge is 0.335 e. The van der Waals surface area contributed by atoms with Gasteiger partial charge >= 0.3 is 5.97 Å². The number of hydrogen-bond donors (Lipinski definition) is 1. The van der Waals surface area contributed by atoms with Gasteiger partial charge in [-0.25, -0.2) is 4.79 Å². The van der Waals surface area contributed by atoms with Crippen molar-refractivity contribution in [2.24, 2.45) is 5.92 Å². The molecule has 0 radical (unpaired) electrons. The summed E-state index contributed by atoms with van der Waals surface area (Å²) in [5, 5.41) is 9.39. The highest BCUT2D eigenvalue weighted by atomic mass is 16.5.